The van der Waals surface area contributed by atoms with E-state index in [2.05, 4.69) is 4.99 Å². The van der Waals surface area contributed by atoms with Crippen LogP contribution in [0.15, 0.2) is 53.5 Å². The number of nitrogens with zero attached hydrogens (tertiary/aromatic N) is 2. The van der Waals surface area contributed by atoms with Gasteiger partial charge in [0.2, 0.25) is 5.88 Å². The first-order valence-electron chi connectivity index (χ1n) is 9.04. The van der Waals surface area contributed by atoms with Crippen LogP contribution in [0.5, 0.6) is 5.88 Å². The number of hydrogen-bond acceptors (Lipinski definition) is 6. The minimum absolute atomic E-state index is 0.136. The van der Waals surface area contributed by atoms with Crippen LogP contribution in [0.4, 0.5) is 5.69 Å². The Morgan fingerprint density at radius 3 is 2.67 bits per heavy atom. The van der Waals surface area contributed by atoms with Gasteiger partial charge in [0.15, 0.2) is 3.95 Å². The van der Waals surface area contributed by atoms with E-state index in [1.54, 1.807) is 25.1 Å². The summed E-state index contributed by atoms with van der Waals surface area (Å²) in [5.41, 5.74) is 1.50. The predicted octanol–water partition coefficient (Wildman–Crippen LogP) is 6.39. The van der Waals surface area contributed by atoms with Crippen molar-refractivity contribution < 1.29 is 14.6 Å². The lowest BCUT2D eigenvalue weighted by Gasteiger charge is -2.18. The van der Waals surface area contributed by atoms with E-state index in [0.29, 0.717) is 31.0 Å². The Labute approximate surface area is 193 Å². The molecule has 0 radical (unpaired) electrons. The molecule has 1 heterocycles. The molecule has 3 aromatic rings. The van der Waals surface area contributed by atoms with Gasteiger partial charge in [-0.1, -0.05) is 64.9 Å². The van der Waals surface area contributed by atoms with Gasteiger partial charge in [0, 0.05) is 6.42 Å². The van der Waals surface area contributed by atoms with Crippen molar-refractivity contribution in [2.75, 3.05) is 6.61 Å². The van der Waals surface area contributed by atoms with Crippen molar-refractivity contribution in [3.8, 4) is 5.88 Å². The number of carbonyl (C=O) groups is 1. The Balaban J connectivity index is 1.95. The first kappa shape index (κ1) is 22.5. The van der Waals surface area contributed by atoms with Crippen LogP contribution in [-0.4, -0.2) is 28.5 Å². The van der Waals surface area contributed by atoms with Crippen molar-refractivity contribution in [1.82, 2.24) is 4.57 Å². The maximum atomic E-state index is 12.7. The van der Waals surface area contributed by atoms with Gasteiger partial charge in [-0.2, -0.15) is 0 Å². The number of halogens is 2. The molecule has 0 aliphatic heterocycles. The molecule has 1 atom stereocenters. The topological polar surface area (TPSA) is 63.8 Å². The van der Waals surface area contributed by atoms with Crippen molar-refractivity contribution in [2.45, 2.75) is 19.4 Å². The average molecular weight is 481 g/mol. The van der Waals surface area contributed by atoms with E-state index < -0.39 is 12.0 Å². The molecule has 1 aromatic heterocycles. The summed E-state index contributed by atoms with van der Waals surface area (Å²) in [7, 11) is 0. The number of benzene rings is 2. The van der Waals surface area contributed by atoms with Crippen molar-refractivity contribution in [1.29, 1.82) is 0 Å². The predicted molar refractivity (Wildman–Crippen MR) is 124 cm³/mol. The van der Waals surface area contributed by atoms with Crippen molar-refractivity contribution in [2.24, 2.45) is 4.99 Å². The molecule has 9 heteroatoms. The molecule has 156 valence electrons. The van der Waals surface area contributed by atoms with E-state index in [1.807, 2.05) is 30.3 Å². The number of thiazole rings is 1. The quantitative estimate of drug-likeness (QED) is 0.241. The number of aromatic hydroxyl groups is 1. The zero-order valence-corrected chi connectivity index (χ0v) is 19.1. The summed E-state index contributed by atoms with van der Waals surface area (Å²) in [6.45, 7) is 1.97. The van der Waals surface area contributed by atoms with Crippen LogP contribution >= 0.6 is 46.8 Å². The zero-order chi connectivity index (χ0) is 21.7. The standard InChI is InChI=1S/C21H18Cl2N2O3S2/c1-2-28-20(27)17(10-13-6-4-3-5-7-13)25-19(26)18(30-21(25)29)12-24-14-8-9-15(22)16(23)11-14/h3-9,11-12,17,26H,2,10H2,1H3/t17-/m1/s1. The average Bonchev–Trinajstić information content (AvgIpc) is 3.01. The van der Waals surface area contributed by atoms with Crippen LogP contribution in [0.3, 0.4) is 0 Å². The molecule has 0 aliphatic carbocycles. The highest BCUT2D eigenvalue weighted by atomic mass is 35.5. The minimum atomic E-state index is -0.789. The summed E-state index contributed by atoms with van der Waals surface area (Å²) in [6, 6.07) is 13.7. The lowest BCUT2D eigenvalue weighted by molar-refractivity contribution is -0.147. The second-order valence-electron chi connectivity index (χ2n) is 6.24. The third-order valence-electron chi connectivity index (χ3n) is 4.22. The van der Waals surface area contributed by atoms with Crippen molar-refractivity contribution in [3.05, 3.63) is 73.0 Å². The Morgan fingerprint density at radius 2 is 2.00 bits per heavy atom. The molecule has 0 bridgehead atoms. The second-order valence-corrected chi connectivity index (χ2v) is 8.73. The smallest absolute Gasteiger partial charge is 0.329 e. The van der Waals surface area contributed by atoms with E-state index in [1.165, 1.54) is 10.8 Å². The summed E-state index contributed by atoms with van der Waals surface area (Å²) in [5, 5.41) is 11.6. The monoisotopic (exact) mass is 480 g/mol. The van der Waals surface area contributed by atoms with Crippen LogP contribution in [0.25, 0.3) is 0 Å². The molecular formula is C21H18Cl2N2O3S2. The van der Waals surface area contributed by atoms with Crippen LogP contribution in [0, 0.1) is 3.95 Å². The molecule has 0 saturated heterocycles. The fraction of sp³-hybridized carbons (Fsp3) is 0.190. The molecule has 0 aliphatic rings. The lowest BCUT2D eigenvalue weighted by Crippen LogP contribution is -2.24. The molecule has 2 aromatic carbocycles. The van der Waals surface area contributed by atoms with Crippen molar-refractivity contribution in [3.63, 3.8) is 0 Å². The van der Waals surface area contributed by atoms with E-state index in [0.717, 1.165) is 16.9 Å². The number of rotatable bonds is 7. The molecule has 0 unspecified atom stereocenters. The minimum Gasteiger partial charge on any atom is -0.493 e. The fourth-order valence-electron chi connectivity index (χ4n) is 2.81. The summed E-state index contributed by atoms with van der Waals surface area (Å²) >= 11 is 18.5. The third kappa shape index (κ3) is 5.29. The highest BCUT2D eigenvalue weighted by molar-refractivity contribution is 7.73. The van der Waals surface area contributed by atoms with Crippen LogP contribution < -0.4 is 0 Å². The Bertz CT molecular complexity index is 1130. The number of aromatic nitrogens is 1. The van der Waals surface area contributed by atoms with E-state index in [9.17, 15) is 9.90 Å². The maximum absolute atomic E-state index is 12.7. The maximum Gasteiger partial charge on any atom is 0.329 e. The van der Waals surface area contributed by atoms with Crippen LogP contribution in [-0.2, 0) is 16.0 Å². The SMILES string of the molecule is CCOC(=O)[C@@H](Cc1ccccc1)n1c(O)c(C=Nc2ccc(Cl)c(Cl)c2)sc1=S. The molecule has 0 spiro atoms. The molecule has 0 amide bonds. The first-order valence-corrected chi connectivity index (χ1v) is 11.0. The summed E-state index contributed by atoms with van der Waals surface area (Å²) in [5.74, 6) is -0.596. The lowest BCUT2D eigenvalue weighted by atomic mass is 10.1. The van der Waals surface area contributed by atoms with Gasteiger partial charge in [0.1, 0.15) is 10.9 Å². The van der Waals surface area contributed by atoms with Crippen LogP contribution in [0.1, 0.15) is 23.4 Å². The second kappa shape index (κ2) is 10.2. The Hall–Kier alpha value is -2.19. The van der Waals surface area contributed by atoms with Gasteiger partial charge in [-0.05, 0) is 42.9 Å². The Morgan fingerprint density at radius 1 is 1.27 bits per heavy atom. The zero-order valence-electron chi connectivity index (χ0n) is 15.9. The van der Waals surface area contributed by atoms with Gasteiger partial charge in [-0.3, -0.25) is 9.56 Å². The highest BCUT2D eigenvalue weighted by Gasteiger charge is 2.27. The van der Waals surface area contributed by atoms with Crippen LogP contribution in [0.2, 0.25) is 10.0 Å². The Kier molecular flexibility index (Phi) is 7.66. The van der Waals surface area contributed by atoms with Crippen molar-refractivity contribution >= 4 is 64.6 Å². The number of hydrogen-bond donors (Lipinski definition) is 1. The van der Waals surface area contributed by atoms with Gasteiger partial charge < -0.3 is 9.84 Å². The summed E-state index contributed by atoms with van der Waals surface area (Å²) in [6.07, 6.45) is 1.82. The molecule has 5 nitrogen and oxygen atoms in total. The largest absolute Gasteiger partial charge is 0.493 e. The molecule has 0 fully saturated rings. The molecule has 3 rings (SSSR count). The number of aliphatic imine (C=N–C) groups is 1. The third-order valence-corrected chi connectivity index (χ3v) is 6.28. The van der Waals surface area contributed by atoms with Gasteiger partial charge in [0.05, 0.1) is 28.6 Å². The van der Waals surface area contributed by atoms with Gasteiger partial charge in [0.25, 0.3) is 0 Å². The molecule has 1 N–H and O–H groups in total. The van der Waals surface area contributed by atoms with E-state index in [-0.39, 0.29) is 12.5 Å². The summed E-state index contributed by atoms with van der Waals surface area (Å²) in [4.78, 5) is 17.4. The number of esters is 1. The van der Waals surface area contributed by atoms with Gasteiger partial charge >= 0.3 is 5.97 Å². The highest BCUT2D eigenvalue weighted by Crippen LogP contribution is 2.32. The summed E-state index contributed by atoms with van der Waals surface area (Å²) < 4.78 is 6.99. The first-order chi connectivity index (χ1) is 14.4. The normalized spacial score (nSPS) is 12.2. The van der Waals surface area contributed by atoms with Gasteiger partial charge in [-0.15, -0.1) is 0 Å². The molecule has 30 heavy (non-hydrogen) atoms. The molecule has 0 saturated carbocycles. The number of ether oxygens (including phenoxy) is 1. The number of carbonyl (C=O) groups excluding carboxylic acids is 1. The van der Waals surface area contributed by atoms with E-state index >= 15 is 0 Å². The molecular weight excluding hydrogens is 463 g/mol. The van der Waals surface area contributed by atoms with E-state index in [4.69, 9.17) is 40.2 Å². The van der Waals surface area contributed by atoms with Gasteiger partial charge in [-0.25, -0.2) is 4.79 Å². The fourth-order valence-corrected chi connectivity index (χ4v) is 4.38.